The maximum Gasteiger partial charge on any atom is 0.123 e. The van der Waals surface area contributed by atoms with Gasteiger partial charge in [0.15, 0.2) is 0 Å². The van der Waals surface area contributed by atoms with Gasteiger partial charge in [-0.2, -0.15) is 5.10 Å². The second-order valence-corrected chi connectivity index (χ2v) is 7.50. The highest BCUT2D eigenvalue weighted by Crippen LogP contribution is 2.38. The van der Waals surface area contributed by atoms with Gasteiger partial charge in [0.05, 0.1) is 17.4 Å². The van der Waals surface area contributed by atoms with Crippen LogP contribution in [0.4, 0.5) is 10.1 Å². The van der Waals surface area contributed by atoms with E-state index in [-0.39, 0.29) is 11.9 Å². The summed E-state index contributed by atoms with van der Waals surface area (Å²) in [6.07, 6.45) is 0.808. The Morgan fingerprint density at radius 1 is 1.04 bits per heavy atom. The van der Waals surface area contributed by atoms with Crippen molar-refractivity contribution in [2.24, 2.45) is 5.10 Å². The van der Waals surface area contributed by atoms with Crippen LogP contribution in [0.3, 0.4) is 0 Å². The Morgan fingerprint density at radius 2 is 1.79 bits per heavy atom. The molecule has 0 saturated carbocycles. The van der Waals surface area contributed by atoms with Crippen molar-refractivity contribution in [1.29, 1.82) is 0 Å². The average Bonchev–Trinajstić information content (AvgIpc) is 3.25. The van der Waals surface area contributed by atoms with Gasteiger partial charge in [0.1, 0.15) is 5.82 Å². The van der Waals surface area contributed by atoms with E-state index in [1.54, 1.807) is 23.5 Å². The van der Waals surface area contributed by atoms with Crippen molar-refractivity contribution in [3.63, 3.8) is 0 Å². The number of anilines is 1. The van der Waals surface area contributed by atoms with Crippen LogP contribution in [-0.2, 0) is 0 Å². The zero-order valence-corrected chi connectivity index (χ0v) is 15.1. The van der Waals surface area contributed by atoms with Crippen LogP contribution in [0, 0.1) is 5.82 Å². The molecule has 24 heavy (non-hydrogen) atoms. The molecule has 1 aromatic heterocycles. The van der Waals surface area contributed by atoms with Crippen molar-refractivity contribution >= 4 is 38.7 Å². The van der Waals surface area contributed by atoms with Crippen molar-refractivity contribution in [1.82, 2.24) is 0 Å². The van der Waals surface area contributed by atoms with Crippen LogP contribution in [-0.4, -0.2) is 5.71 Å². The summed E-state index contributed by atoms with van der Waals surface area (Å²) in [6, 6.07) is 19.1. The molecule has 1 aliphatic heterocycles. The molecule has 5 heteroatoms. The molecule has 0 N–H and O–H groups in total. The SMILES string of the molecule is Fc1ccc(C2=NN(c3ccc(Br)cc3)[C@@H](c3cccs3)C2)cc1. The molecular formula is C19H14BrFN2S. The van der Waals surface area contributed by atoms with Crippen molar-refractivity contribution in [2.75, 3.05) is 5.01 Å². The zero-order valence-electron chi connectivity index (χ0n) is 12.7. The summed E-state index contributed by atoms with van der Waals surface area (Å²) in [5.74, 6) is -0.225. The normalized spacial score (nSPS) is 17.2. The molecule has 3 aromatic rings. The molecule has 2 heterocycles. The Kier molecular flexibility index (Phi) is 4.21. The van der Waals surface area contributed by atoms with Gasteiger partial charge in [-0.1, -0.05) is 34.1 Å². The lowest BCUT2D eigenvalue weighted by atomic mass is 10.0. The largest absolute Gasteiger partial charge is 0.257 e. The molecule has 0 unspecified atom stereocenters. The fraction of sp³-hybridized carbons (Fsp3) is 0.105. The number of benzene rings is 2. The van der Waals surface area contributed by atoms with Crippen molar-refractivity contribution in [3.05, 3.63) is 86.8 Å². The van der Waals surface area contributed by atoms with Gasteiger partial charge >= 0.3 is 0 Å². The molecule has 0 fully saturated rings. The molecule has 2 aromatic carbocycles. The minimum atomic E-state index is -0.225. The molecule has 4 rings (SSSR count). The lowest BCUT2D eigenvalue weighted by Crippen LogP contribution is -2.17. The van der Waals surface area contributed by atoms with Crippen LogP contribution in [0.15, 0.2) is 75.6 Å². The predicted octanol–water partition coefficient (Wildman–Crippen LogP) is 6.01. The van der Waals surface area contributed by atoms with E-state index in [1.165, 1.54) is 17.0 Å². The van der Waals surface area contributed by atoms with Crippen LogP contribution in [0.1, 0.15) is 22.9 Å². The second-order valence-electron chi connectivity index (χ2n) is 5.61. The van der Waals surface area contributed by atoms with E-state index in [1.807, 2.05) is 12.1 Å². The molecule has 0 spiro atoms. The maximum absolute atomic E-state index is 13.2. The Bertz CT molecular complexity index is 857. The fourth-order valence-electron chi connectivity index (χ4n) is 2.86. The molecular weight excluding hydrogens is 387 g/mol. The van der Waals surface area contributed by atoms with Crippen molar-refractivity contribution in [3.8, 4) is 0 Å². The van der Waals surface area contributed by atoms with Gasteiger partial charge < -0.3 is 0 Å². The van der Waals surface area contributed by atoms with E-state index >= 15 is 0 Å². The van der Waals surface area contributed by atoms with Gasteiger partial charge in [0.25, 0.3) is 0 Å². The Labute approximate surface area is 152 Å². The standard InChI is InChI=1S/C19H14BrFN2S/c20-14-5-9-16(10-6-14)23-18(19-2-1-11-24-19)12-17(22-23)13-3-7-15(21)8-4-13/h1-11,18H,12H2/t18-/m1/s1. The minimum absolute atomic E-state index is 0.172. The molecule has 0 radical (unpaired) electrons. The van der Waals surface area contributed by atoms with E-state index in [4.69, 9.17) is 5.10 Å². The number of hydrogen-bond donors (Lipinski definition) is 0. The number of thiophene rings is 1. The van der Waals surface area contributed by atoms with Crippen LogP contribution < -0.4 is 5.01 Å². The summed E-state index contributed by atoms with van der Waals surface area (Å²) in [7, 11) is 0. The van der Waals surface area contributed by atoms with E-state index in [0.29, 0.717) is 0 Å². The van der Waals surface area contributed by atoms with E-state index in [0.717, 1.165) is 27.9 Å². The summed E-state index contributed by atoms with van der Waals surface area (Å²) < 4.78 is 14.2. The first kappa shape index (κ1) is 15.5. The van der Waals surface area contributed by atoms with Gasteiger partial charge in [-0.25, -0.2) is 4.39 Å². The molecule has 0 aliphatic carbocycles. The van der Waals surface area contributed by atoms with Crippen LogP contribution in [0.25, 0.3) is 0 Å². The maximum atomic E-state index is 13.2. The first-order valence-electron chi connectivity index (χ1n) is 7.62. The smallest absolute Gasteiger partial charge is 0.123 e. The minimum Gasteiger partial charge on any atom is -0.257 e. The molecule has 120 valence electrons. The van der Waals surface area contributed by atoms with Crippen LogP contribution in [0.5, 0.6) is 0 Å². The molecule has 1 atom stereocenters. The topological polar surface area (TPSA) is 15.6 Å². The Morgan fingerprint density at radius 3 is 2.46 bits per heavy atom. The van der Waals surface area contributed by atoms with Gasteiger partial charge in [0.2, 0.25) is 0 Å². The summed E-state index contributed by atoms with van der Waals surface area (Å²) in [6.45, 7) is 0. The van der Waals surface area contributed by atoms with Crippen LogP contribution >= 0.6 is 27.3 Å². The number of halogens is 2. The summed E-state index contributed by atoms with van der Waals surface area (Å²) in [5.41, 5.74) is 3.00. The highest BCUT2D eigenvalue weighted by atomic mass is 79.9. The molecule has 0 saturated heterocycles. The highest BCUT2D eigenvalue weighted by Gasteiger charge is 2.30. The first-order chi connectivity index (χ1) is 11.7. The number of hydrazone groups is 1. The van der Waals surface area contributed by atoms with Gasteiger partial charge in [-0.3, -0.25) is 5.01 Å². The third-order valence-electron chi connectivity index (χ3n) is 4.05. The quantitative estimate of drug-likeness (QED) is 0.525. The van der Waals surface area contributed by atoms with Crippen molar-refractivity contribution in [2.45, 2.75) is 12.5 Å². The zero-order chi connectivity index (χ0) is 16.5. The lowest BCUT2D eigenvalue weighted by molar-refractivity contribution is 0.627. The average molecular weight is 401 g/mol. The van der Waals surface area contributed by atoms with E-state index in [2.05, 4.69) is 50.6 Å². The second kappa shape index (κ2) is 6.49. The van der Waals surface area contributed by atoms with Crippen LogP contribution in [0.2, 0.25) is 0 Å². The molecule has 2 nitrogen and oxygen atoms in total. The summed E-state index contributed by atoms with van der Waals surface area (Å²) in [4.78, 5) is 1.28. The summed E-state index contributed by atoms with van der Waals surface area (Å²) >= 11 is 5.21. The van der Waals surface area contributed by atoms with Gasteiger partial charge in [-0.15, -0.1) is 11.3 Å². The van der Waals surface area contributed by atoms with E-state index < -0.39 is 0 Å². The summed E-state index contributed by atoms with van der Waals surface area (Å²) in [5, 5.41) is 9.00. The monoisotopic (exact) mass is 400 g/mol. The fourth-order valence-corrected chi connectivity index (χ4v) is 3.94. The highest BCUT2D eigenvalue weighted by molar-refractivity contribution is 9.10. The van der Waals surface area contributed by atoms with Gasteiger partial charge in [-0.05, 0) is 53.4 Å². The van der Waals surface area contributed by atoms with Gasteiger partial charge in [0, 0.05) is 15.8 Å². The third-order valence-corrected chi connectivity index (χ3v) is 5.55. The van der Waals surface area contributed by atoms with E-state index in [9.17, 15) is 4.39 Å². The Balaban J connectivity index is 1.73. The molecule has 0 bridgehead atoms. The molecule has 1 aliphatic rings. The Hall–Kier alpha value is -1.98. The number of nitrogens with zero attached hydrogens (tertiary/aromatic N) is 2. The first-order valence-corrected chi connectivity index (χ1v) is 9.29. The third kappa shape index (κ3) is 3.01. The number of hydrogen-bond acceptors (Lipinski definition) is 3. The lowest BCUT2D eigenvalue weighted by Gasteiger charge is -2.22. The number of rotatable bonds is 3. The molecule has 0 amide bonds. The predicted molar refractivity (Wildman–Crippen MR) is 101 cm³/mol. The van der Waals surface area contributed by atoms with Crippen molar-refractivity contribution < 1.29 is 4.39 Å².